The maximum absolute atomic E-state index is 11.8. The molecule has 6 heteroatoms. The maximum Gasteiger partial charge on any atom is 0.330 e. The van der Waals surface area contributed by atoms with E-state index >= 15 is 0 Å². The number of esters is 2. The number of hydrogen-bond donors (Lipinski definition) is 1. The zero-order valence-electron chi connectivity index (χ0n) is 11.1. The number of allylic oxidation sites excluding steroid dienone is 1. The van der Waals surface area contributed by atoms with Crippen molar-refractivity contribution in [3.63, 3.8) is 0 Å². The second-order valence-corrected chi connectivity index (χ2v) is 4.37. The van der Waals surface area contributed by atoms with E-state index in [9.17, 15) is 14.4 Å². The summed E-state index contributed by atoms with van der Waals surface area (Å²) in [6.45, 7) is 3.47. The Morgan fingerprint density at radius 1 is 1.30 bits per heavy atom. The van der Waals surface area contributed by atoms with Crippen LogP contribution in [0.25, 0.3) is 0 Å². The highest BCUT2D eigenvalue weighted by Gasteiger charge is 2.34. The molecule has 110 valence electrons. The summed E-state index contributed by atoms with van der Waals surface area (Å²) < 4.78 is 9.75. The van der Waals surface area contributed by atoms with Gasteiger partial charge in [0, 0.05) is 12.5 Å². The lowest BCUT2D eigenvalue weighted by atomic mass is 9.84. The molecule has 0 aromatic rings. The second-order valence-electron chi connectivity index (χ2n) is 4.37. The first kappa shape index (κ1) is 15.9. The van der Waals surface area contributed by atoms with Gasteiger partial charge in [0.1, 0.15) is 0 Å². The first-order valence-corrected chi connectivity index (χ1v) is 6.41. The van der Waals surface area contributed by atoms with Gasteiger partial charge in [0.05, 0.1) is 25.0 Å². The van der Waals surface area contributed by atoms with Crippen molar-refractivity contribution in [1.29, 1.82) is 0 Å². The first-order valence-electron chi connectivity index (χ1n) is 6.41. The number of aliphatic carboxylic acids is 1. The predicted molar refractivity (Wildman–Crippen MR) is 69.7 cm³/mol. The van der Waals surface area contributed by atoms with Gasteiger partial charge in [0.25, 0.3) is 0 Å². The number of carboxylic acids is 1. The minimum Gasteiger partial charge on any atom is -0.481 e. The summed E-state index contributed by atoms with van der Waals surface area (Å²) in [6, 6.07) is 0. The molecule has 0 fully saturated rings. The van der Waals surface area contributed by atoms with Gasteiger partial charge in [-0.25, -0.2) is 4.79 Å². The lowest BCUT2D eigenvalue weighted by Gasteiger charge is -2.22. The third kappa shape index (κ3) is 4.87. The van der Waals surface area contributed by atoms with E-state index in [4.69, 9.17) is 14.6 Å². The van der Waals surface area contributed by atoms with Crippen molar-refractivity contribution in [1.82, 2.24) is 0 Å². The minimum atomic E-state index is -1.03. The van der Waals surface area contributed by atoms with Crippen molar-refractivity contribution >= 4 is 17.9 Å². The fraction of sp³-hybridized carbons (Fsp3) is 0.500. The fourth-order valence-corrected chi connectivity index (χ4v) is 1.92. The minimum absolute atomic E-state index is 0.0931. The zero-order valence-corrected chi connectivity index (χ0v) is 11.1. The number of carbonyl (C=O) groups excluding carboxylic acids is 2. The molecule has 0 amide bonds. The highest BCUT2D eigenvalue weighted by molar-refractivity contribution is 5.83. The molecule has 1 N–H and O–H groups in total. The third-order valence-corrected chi connectivity index (χ3v) is 2.95. The second kappa shape index (κ2) is 8.14. The van der Waals surface area contributed by atoms with Crippen LogP contribution in [0.2, 0.25) is 0 Å². The zero-order chi connectivity index (χ0) is 15.0. The van der Waals surface area contributed by atoms with E-state index in [1.54, 1.807) is 6.08 Å². The molecule has 1 aliphatic carbocycles. The molecular formula is C14H18O6. The molecule has 0 bridgehead atoms. The number of ether oxygens (including phenoxy) is 2. The highest BCUT2D eigenvalue weighted by Crippen LogP contribution is 2.26. The molecular weight excluding hydrogens is 264 g/mol. The Morgan fingerprint density at radius 2 is 2.00 bits per heavy atom. The van der Waals surface area contributed by atoms with Gasteiger partial charge < -0.3 is 14.6 Å². The summed E-state index contributed by atoms with van der Waals surface area (Å²) >= 11 is 0. The van der Waals surface area contributed by atoms with Crippen LogP contribution < -0.4 is 0 Å². The van der Waals surface area contributed by atoms with Crippen LogP contribution in [0, 0.1) is 11.8 Å². The van der Waals surface area contributed by atoms with Crippen LogP contribution >= 0.6 is 0 Å². The van der Waals surface area contributed by atoms with Crippen LogP contribution in [0.5, 0.6) is 0 Å². The van der Waals surface area contributed by atoms with Gasteiger partial charge in [-0.3, -0.25) is 9.59 Å². The van der Waals surface area contributed by atoms with Gasteiger partial charge in [-0.05, 0) is 12.8 Å². The molecule has 0 aliphatic heterocycles. The summed E-state index contributed by atoms with van der Waals surface area (Å²) in [5.74, 6) is -3.54. The summed E-state index contributed by atoms with van der Waals surface area (Å²) in [6.07, 6.45) is 5.85. The Morgan fingerprint density at radius 3 is 2.65 bits per heavy atom. The molecule has 0 heterocycles. The average molecular weight is 282 g/mol. The average Bonchev–Trinajstić information content (AvgIpc) is 2.46. The lowest BCUT2D eigenvalue weighted by Crippen LogP contribution is -2.32. The van der Waals surface area contributed by atoms with Crippen molar-refractivity contribution in [3.8, 4) is 0 Å². The first-order chi connectivity index (χ1) is 9.56. The monoisotopic (exact) mass is 282 g/mol. The third-order valence-electron chi connectivity index (χ3n) is 2.95. The van der Waals surface area contributed by atoms with Gasteiger partial charge in [-0.15, -0.1) is 0 Å². The molecule has 0 saturated heterocycles. The molecule has 2 unspecified atom stereocenters. The molecule has 1 aliphatic rings. The Labute approximate surface area is 117 Å². The number of rotatable bonds is 7. The molecule has 0 aromatic heterocycles. The smallest absolute Gasteiger partial charge is 0.330 e. The Bertz CT molecular complexity index is 412. The normalized spacial score (nSPS) is 21.0. The summed E-state index contributed by atoms with van der Waals surface area (Å²) in [5.41, 5.74) is 0. The molecule has 0 spiro atoms. The van der Waals surface area contributed by atoms with E-state index in [1.165, 1.54) is 6.08 Å². The van der Waals surface area contributed by atoms with Crippen molar-refractivity contribution < 1.29 is 29.0 Å². The van der Waals surface area contributed by atoms with Crippen molar-refractivity contribution in [2.24, 2.45) is 11.8 Å². The van der Waals surface area contributed by atoms with Crippen molar-refractivity contribution in [2.75, 3.05) is 13.2 Å². The predicted octanol–water partition coefficient (Wildman–Crippen LogP) is 1.32. The van der Waals surface area contributed by atoms with Crippen LogP contribution in [0.15, 0.2) is 24.8 Å². The molecule has 0 saturated carbocycles. The van der Waals surface area contributed by atoms with E-state index in [2.05, 4.69) is 6.58 Å². The van der Waals surface area contributed by atoms with Crippen molar-refractivity contribution in [3.05, 3.63) is 24.8 Å². The number of hydrogen-bond acceptors (Lipinski definition) is 5. The summed E-state index contributed by atoms with van der Waals surface area (Å²) in [4.78, 5) is 33.6. The molecule has 0 radical (unpaired) electrons. The van der Waals surface area contributed by atoms with Gasteiger partial charge in [0.2, 0.25) is 0 Å². The topological polar surface area (TPSA) is 89.9 Å². The lowest BCUT2D eigenvalue weighted by molar-refractivity contribution is -0.157. The summed E-state index contributed by atoms with van der Waals surface area (Å²) in [5, 5.41) is 9.03. The van der Waals surface area contributed by atoms with E-state index in [-0.39, 0.29) is 13.2 Å². The maximum atomic E-state index is 11.8. The van der Waals surface area contributed by atoms with Gasteiger partial charge in [-0.2, -0.15) is 0 Å². The fourth-order valence-electron chi connectivity index (χ4n) is 1.92. The van der Waals surface area contributed by atoms with Crippen LogP contribution in [0.3, 0.4) is 0 Å². The Balaban J connectivity index is 2.31. The molecule has 1 rings (SSSR count). The molecule has 6 nitrogen and oxygen atoms in total. The van der Waals surface area contributed by atoms with Crippen LogP contribution in [-0.2, 0) is 23.9 Å². The highest BCUT2D eigenvalue weighted by atomic mass is 16.5. The van der Waals surface area contributed by atoms with Crippen LogP contribution in [-0.4, -0.2) is 36.2 Å². The van der Waals surface area contributed by atoms with E-state index in [0.717, 1.165) is 6.08 Å². The van der Waals surface area contributed by atoms with E-state index in [1.807, 2.05) is 0 Å². The van der Waals surface area contributed by atoms with Gasteiger partial charge >= 0.3 is 17.9 Å². The Hall–Kier alpha value is -2.11. The quantitative estimate of drug-likeness (QED) is 0.328. The summed E-state index contributed by atoms with van der Waals surface area (Å²) in [7, 11) is 0. The SMILES string of the molecule is C=CC(=O)OCCCOC(=O)C1CCC=CC1C(=O)O. The van der Waals surface area contributed by atoms with E-state index in [0.29, 0.717) is 19.3 Å². The molecule has 20 heavy (non-hydrogen) atoms. The van der Waals surface area contributed by atoms with Crippen LogP contribution in [0.4, 0.5) is 0 Å². The number of carboxylic acid groups (broad SMARTS) is 1. The standard InChI is InChI=1S/C14H18O6/c1-2-12(15)19-8-5-9-20-14(18)11-7-4-3-6-10(11)13(16)17/h2-3,6,10-11H,1,4-5,7-9H2,(H,16,17). The van der Waals surface area contributed by atoms with Crippen LogP contribution in [0.1, 0.15) is 19.3 Å². The molecule has 0 aromatic carbocycles. The largest absolute Gasteiger partial charge is 0.481 e. The van der Waals surface area contributed by atoms with E-state index < -0.39 is 29.7 Å². The van der Waals surface area contributed by atoms with Gasteiger partial charge in [0.15, 0.2) is 0 Å². The number of carbonyl (C=O) groups is 3. The Kier molecular flexibility index (Phi) is 6.49. The molecule has 2 atom stereocenters. The van der Waals surface area contributed by atoms with Gasteiger partial charge in [-0.1, -0.05) is 18.7 Å². The van der Waals surface area contributed by atoms with Crippen molar-refractivity contribution in [2.45, 2.75) is 19.3 Å².